The molecule has 0 bridgehead atoms. The molecule has 3 N–H and O–H groups in total. The van der Waals surface area contributed by atoms with Crippen LogP contribution in [0.15, 0.2) is 24.3 Å². The van der Waals surface area contributed by atoms with Crippen molar-refractivity contribution < 1.29 is 29.8 Å². The molecule has 0 saturated carbocycles. The number of hydrogen-bond acceptors (Lipinski definition) is 5. The van der Waals surface area contributed by atoms with Crippen molar-refractivity contribution in [3.8, 4) is 5.75 Å². The van der Waals surface area contributed by atoms with Crippen molar-refractivity contribution >= 4 is 17.8 Å². The van der Waals surface area contributed by atoms with Gasteiger partial charge in [0.2, 0.25) is 0 Å². The monoisotopic (exact) mass is 281 g/mol. The molecular weight excluding hydrogens is 266 g/mol. The number of carbonyl (C=O) groups is 3. The van der Waals surface area contributed by atoms with Crippen molar-refractivity contribution in [1.29, 1.82) is 0 Å². The van der Waals surface area contributed by atoms with Crippen LogP contribution in [0.25, 0.3) is 0 Å². The van der Waals surface area contributed by atoms with Crippen molar-refractivity contribution in [2.75, 3.05) is 0 Å². The van der Waals surface area contributed by atoms with E-state index in [1.807, 2.05) is 0 Å². The highest BCUT2D eigenvalue weighted by Gasteiger charge is 2.26. The first kappa shape index (κ1) is 15.6. The van der Waals surface area contributed by atoms with Crippen molar-refractivity contribution in [3.05, 3.63) is 29.8 Å². The minimum atomic E-state index is -0.803. The van der Waals surface area contributed by atoms with Gasteiger partial charge < -0.3 is 10.2 Å². The molecule has 0 unspecified atom stereocenters. The summed E-state index contributed by atoms with van der Waals surface area (Å²) in [6.45, 7) is 0. The number of hydroxylamine groups is 2. The van der Waals surface area contributed by atoms with Gasteiger partial charge in [0.25, 0.3) is 11.8 Å². The third kappa shape index (κ3) is 5.07. The zero-order valence-corrected chi connectivity index (χ0v) is 10.7. The first-order valence-electron chi connectivity index (χ1n) is 5.94. The minimum Gasteiger partial charge on any atom is -0.508 e. The van der Waals surface area contributed by atoms with E-state index in [0.29, 0.717) is 6.42 Å². The number of hydrogen-bond donors (Lipinski definition) is 3. The normalized spacial score (nSPS) is 13.9. The van der Waals surface area contributed by atoms with Gasteiger partial charge in [-0.3, -0.25) is 19.6 Å². The van der Waals surface area contributed by atoms with Crippen molar-refractivity contribution in [3.63, 3.8) is 0 Å². The summed E-state index contributed by atoms with van der Waals surface area (Å²) in [7, 11) is 0. The van der Waals surface area contributed by atoms with Gasteiger partial charge in [-0.2, -0.15) is 5.06 Å². The number of carboxylic acid groups (broad SMARTS) is 1. The molecule has 108 valence electrons. The molecule has 2 amide bonds. The van der Waals surface area contributed by atoms with Gasteiger partial charge >= 0.3 is 5.97 Å². The number of imide groups is 1. The van der Waals surface area contributed by atoms with Crippen LogP contribution < -0.4 is 0 Å². The number of phenols is 1. The van der Waals surface area contributed by atoms with Crippen LogP contribution in [0.3, 0.4) is 0 Å². The van der Waals surface area contributed by atoms with Gasteiger partial charge in [-0.05, 0) is 24.1 Å². The van der Waals surface area contributed by atoms with Gasteiger partial charge in [-0.25, -0.2) is 0 Å². The summed E-state index contributed by atoms with van der Waals surface area (Å²) >= 11 is 0. The molecule has 1 aliphatic rings. The fourth-order valence-electron chi connectivity index (χ4n) is 1.48. The van der Waals surface area contributed by atoms with Gasteiger partial charge in [-0.1, -0.05) is 12.1 Å². The van der Waals surface area contributed by atoms with Crippen LogP contribution in [0.2, 0.25) is 0 Å². The van der Waals surface area contributed by atoms with E-state index in [9.17, 15) is 14.4 Å². The third-order valence-electron chi connectivity index (χ3n) is 2.59. The molecule has 1 aromatic rings. The second-order valence-electron chi connectivity index (χ2n) is 4.16. The zero-order valence-electron chi connectivity index (χ0n) is 10.7. The maximum Gasteiger partial charge on any atom is 0.303 e. The Morgan fingerprint density at radius 3 is 1.95 bits per heavy atom. The van der Waals surface area contributed by atoms with Crippen molar-refractivity contribution in [1.82, 2.24) is 5.06 Å². The maximum absolute atomic E-state index is 10.2. The molecule has 1 heterocycles. The second kappa shape index (κ2) is 7.25. The number of rotatable bonds is 3. The van der Waals surface area contributed by atoms with Crippen LogP contribution in [-0.2, 0) is 20.8 Å². The Bertz CT molecular complexity index is 480. The summed E-state index contributed by atoms with van der Waals surface area (Å²) in [5, 5.41) is 25.9. The Kier molecular flexibility index (Phi) is 5.67. The topological polar surface area (TPSA) is 115 Å². The Labute approximate surface area is 115 Å². The number of aryl methyl sites for hydroxylation is 1. The number of aromatic hydroxyl groups is 1. The number of carboxylic acids is 1. The Morgan fingerprint density at radius 1 is 1.10 bits per heavy atom. The van der Waals surface area contributed by atoms with E-state index in [-0.39, 0.29) is 30.1 Å². The highest BCUT2D eigenvalue weighted by molar-refractivity contribution is 6.00. The molecule has 1 aromatic carbocycles. The van der Waals surface area contributed by atoms with Crippen molar-refractivity contribution in [2.24, 2.45) is 0 Å². The summed E-state index contributed by atoms with van der Waals surface area (Å²) in [4.78, 5) is 30.7. The molecule has 2 rings (SSSR count). The maximum atomic E-state index is 10.2. The highest BCUT2D eigenvalue weighted by Crippen LogP contribution is 2.10. The summed E-state index contributed by atoms with van der Waals surface area (Å²) < 4.78 is 0. The van der Waals surface area contributed by atoms with Crippen LogP contribution >= 0.6 is 0 Å². The number of benzene rings is 1. The summed E-state index contributed by atoms with van der Waals surface area (Å²) in [6.07, 6.45) is 0.936. The van der Waals surface area contributed by atoms with Crippen LogP contribution in [0.5, 0.6) is 5.75 Å². The van der Waals surface area contributed by atoms with E-state index in [0.717, 1.165) is 5.56 Å². The van der Waals surface area contributed by atoms with E-state index in [1.165, 1.54) is 0 Å². The third-order valence-corrected chi connectivity index (χ3v) is 2.59. The van der Waals surface area contributed by atoms with E-state index >= 15 is 0 Å². The number of phenolic OH excluding ortho intramolecular Hbond substituents is 1. The van der Waals surface area contributed by atoms with Gasteiger partial charge in [0.05, 0.1) is 0 Å². The molecule has 0 spiro atoms. The summed E-state index contributed by atoms with van der Waals surface area (Å²) in [5.74, 6) is -1.61. The van der Waals surface area contributed by atoms with Gasteiger partial charge in [0, 0.05) is 19.3 Å². The van der Waals surface area contributed by atoms with Crippen LogP contribution in [-0.4, -0.2) is 38.3 Å². The van der Waals surface area contributed by atoms with E-state index in [1.54, 1.807) is 24.3 Å². The fourth-order valence-corrected chi connectivity index (χ4v) is 1.48. The standard InChI is InChI=1S/C9H10O3.C4H5NO3/c10-8-4-1-7(2-5-8)3-6-9(11)12;6-3-1-2-4(7)5(3)8/h1-2,4-5,10H,3,6H2,(H,11,12);8H,1-2H2. The first-order chi connectivity index (χ1) is 9.40. The number of aliphatic carboxylic acids is 1. The van der Waals surface area contributed by atoms with Gasteiger partial charge in [-0.15, -0.1) is 0 Å². The molecule has 1 saturated heterocycles. The molecule has 0 aromatic heterocycles. The SMILES string of the molecule is O=C(O)CCc1ccc(O)cc1.O=C1CCC(=O)N1O. The molecule has 1 fully saturated rings. The molecular formula is C13H15NO6. The average Bonchev–Trinajstić information content (AvgIpc) is 2.70. The Morgan fingerprint density at radius 2 is 1.60 bits per heavy atom. The molecule has 1 aliphatic heterocycles. The lowest BCUT2D eigenvalue weighted by molar-refractivity contribution is -0.171. The van der Waals surface area contributed by atoms with E-state index in [4.69, 9.17) is 15.4 Å². The van der Waals surface area contributed by atoms with Crippen LogP contribution in [0.4, 0.5) is 0 Å². The van der Waals surface area contributed by atoms with Crippen LogP contribution in [0, 0.1) is 0 Å². The minimum absolute atomic E-state index is 0.130. The van der Waals surface area contributed by atoms with Gasteiger partial charge in [0.15, 0.2) is 0 Å². The lowest BCUT2D eigenvalue weighted by Gasteiger charge is -1.98. The highest BCUT2D eigenvalue weighted by atomic mass is 16.5. The molecule has 7 nitrogen and oxygen atoms in total. The smallest absolute Gasteiger partial charge is 0.303 e. The zero-order chi connectivity index (χ0) is 15.1. The average molecular weight is 281 g/mol. The summed E-state index contributed by atoms with van der Waals surface area (Å²) in [5.41, 5.74) is 0.926. The van der Waals surface area contributed by atoms with E-state index < -0.39 is 17.8 Å². The fraction of sp³-hybridized carbons (Fsp3) is 0.308. The lowest BCUT2D eigenvalue weighted by Crippen LogP contribution is -2.24. The lowest BCUT2D eigenvalue weighted by atomic mass is 10.1. The van der Waals surface area contributed by atoms with E-state index in [2.05, 4.69) is 0 Å². The number of nitrogens with zero attached hydrogens (tertiary/aromatic N) is 1. The predicted molar refractivity (Wildman–Crippen MR) is 66.9 cm³/mol. The molecule has 0 radical (unpaired) electrons. The number of amides is 2. The first-order valence-corrected chi connectivity index (χ1v) is 5.94. The van der Waals surface area contributed by atoms with Crippen molar-refractivity contribution in [2.45, 2.75) is 25.7 Å². The summed E-state index contributed by atoms with van der Waals surface area (Å²) in [6, 6.07) is 6.55. The second-order valence-corrected chi connectivity index (χ2v) is 4.16. The van der Waals surface area contributed by atoms with Crippen LogP contribution in [0.1, 0.15) is 24.8 Å². The molecule has 20 heavy (non-hydrogen) atoms. The predicted octanol–water partition coefficient (Wildman–Crippen LogP) is 0.934. The Balaban J connectivity index is 0.000000217. The Hall–Kier alpha value is -2.41. The molecule has 0 atom stereocenters. The number of carbonyl (C=O) groups excluding carboxylic acids is 2. The molecule has 7 heteroatoms. The largest absolute Gasteiger partial charge is 0.508 e. The quantitative estimate of drug-likeness (QED) is 0.561. The molecule has 0 aliphatic carbocycles. The van der Waals surface area contributed by atoms with Gasteiger partial charge in [0.1, 0.15) is 5.75 Å².